The average Bonchev–Trinajstić information content (AvgIpc) is 2.54. The molecule has 1 saturated heterocycles. The van der Waals surface area contributed by atoms with E-state index in [4.69, 9.17) is 9.88 Å². The lowest BCUT2D eigenvalue weighted by Gasteiger charge is -2.28. The quantitative estimate of drug-likeness (QED) is 0.683. The van der Waals surface area contributed by atoms with E-state index in [2.05, 4.69) is 17.6 Å². The zero-order chi connectivity index (χ0) is 17.7. The predicted molar refractivity (Wildman–Crippen MR) is 99.6 cm³/mol. The molecule has 0 spiro atoms. The molecule has 0 aliphatic carbocycles. The number of carbonyl (C=O) groups is 1. The van der Waals surface area contributed by atoms with Gasteiger partial charge in [-0.3, -0.25) is 4.79 Å². The van der Waals surface area contributed by atoms with Crippen LogP contribution in [-0.4, -0.2) is 34.5 Å². The van der Waals surface area contributed by atoms with E-state index in [1.807, 2.05) is 0 Å². The molecule has 1 aliphatic heterocycles. The number of rotatable bonds is 6. The van der Waals surface area contributed by atoms with Gasteiger partial charge in [0.25, 0.3) is 0 Å². The van der Waals surface area contributed by atoms with E-state index in [0.717, 1.165) is 25.9 Å². The molecule has 2 atom stereocenters. The predicted octanol–water partition coefficient (Wildman–Crippen LogP) is 1.73. The van der Waals surface area contributed by atoms with E-state index in [0.29, 0.717) is 23.8 Å². The molecule has 4 N–H and O–H groups in total. The maximum absolute atomic E-state index is 12.3. The van der Waals surface area contributed by atoms with Crippen LogP contribution < -0.4 is 20.5 Å². The van der Waals surface area contributed by atoms with Gasteiger partial charge in [0.2, 0.25) is 15.9 Å². The molecule has 0 saturated carbocycles. The van der Waals surface area contributed by atoms with Crippen LogP contribution in [0.1, 0.15) is 26.2 Å². The summed E-state index contributed by atoms with van der Waals surface area (Å²) in [5.41, 5.74) is 0.308. The molecule has 25 heavy (non-hydrogen) atoms. The Morgan fingerprint density at radius 3 is 2.76 bits per heavy atom. The summed E-state index contributed by atoms with van der Waals surface area (Å²) < 4.78 is 28.1. The van der Waals surface area contributed by atoms with Crippen LogP contribution in [0.2, 0.25) is 0 Å². The van der Waals surface area contributed by atoms with Gasteiger partial charge in [0.1, 0.15) is 5.75 Å². The van der Waals surface area contributed by atoms with Crippen molar-refractivity contribution < 1.29 is 17.9 Å². The van der Waals surface area contributed by atoms with Crippen LogP contribution in [0.15, 0.2) is 23.1 Å². The monoisotopic (exact) mass is 391 g/mol. The SMILES string of the molecule is COc1ccc(S(N)(=O)=O)cc1NC(=O)CC(C)C1CCCNC1.Cl. The minimum absolute atomic E-state index is 0. The minimum atomic E-state index is -3.84. The summed E-state index contributed by atoms with van der Waals surface area (Å²) in [6, 6.07) is 4.14. The van der Waals surface area contributed by atoms with Gasteiger partial charge < -0.3 is 15.4 Å². The fourth-order valence-electron chi connectivity index (χ4n) is 2.99. The third kappa shape index (κ3) is 6.14. The highest BCUT2D eigenvalue weighted by molar-refractivity contribution is 7.89. The van der Waals surface area contributed by atoms with Gasteiger partial charge >= 0.3 is 0 Å². The smallest absolute Gasteiger partial charge is 0.238 e. The van der Waals surface area contributed by atoms with E-state index in [-0.39, 0.29) is 29.1 Å². The van der Waals surface area contributed by atoms with Crippen molar-refractivity contribution in [1.82, 2.24) is 5.32 Å². The molecule has 1 amide bonds. The fourth-order valence-corrected chi connectivity index (χ4v) is 3.53. The Morgan fingerprint density at radius 1 is 1.48 bits per heavy atom. The van der Waals surface area contributed by atoms with Crippen molar-refractivity contribution in [3.05, 3.63) is 18.2 Å². The normalized spacial score (nSPS) is 18.8. The van der Waals surface area contributed by atoms with Crippen molar-refractivity contribution in [2.24, 2.45) is 17.0 Å². The largest absolute Gasteiger partial charge is 0.495 e. The average molecular weight is 392 g/mol. The molecule has 1 fully saturated rings. The second kappa shape index (κ2) is 9.38. The van der Waals surface area contributed by atoms with Gasteiger partial charge in [-0.05, 0) is 56.0 Å². The first kappa shape index (κ1) is 21.7. The van der Waals surface area contributed by atoms with Crippen molar-refractivity contribution in [2.75, 3.05) is 25.5 Å². The first-order valence-electron chi connectivity index (χ1n) is 8.02. The molecule has 2 unspecified atom stereocenters. The number of hydrogen-bond donors (Lipinski definition) is 3. The third-order valence-electron chi connectivity index (χ3n) is 4.42. The van der Waals surface area contributed by atoms with Crippen LogP contribution >= 0.6 is 12.4 Å². The summed E-state index contributed by atoms with van der Waals surface area (Å²) in [5.74, 6) is 0.938. The highest BCUT2D eigenvalue weighted by Crippen LogP contribution is 2.28. The summed E-state index contributed by atoms with van der Waals surface area (Å²) >= 11 is 0. The summed E-state index contributed by atoms with van der Waals surface area (Å²) in [5, 5.41) is 11.2. The Morgan fingerprint density at radius 2 is 2.20 bits per heavy atom. The summed E-state index contributed by atoms with van der Waals surface area (Å²) in [6.07, 6.45) is 2.61. The number of nitrogens with one attached hydrogen (secondary N) is 2. The lowest BCUT2D eigenvalue weighted by Crippen LogP contribution is -2.34. The van der Waals surface area contributed by atoms with Crippen molar-refractivity contribution in [3.8, 4) is 5.75 Å². The van der Waals surface area contributed by atoms with Gasteiger partial charge in [-0.2, -0.15) is 0 Å². The number of ether oxygens (including phenoxy) is 1. The maximum Gasteiger partial charge on any atom is 0.238 e. The van der Waals surface area contributed by atoms with Crippen LogP contribution in [0.3, 0.4) is 0 Å². The fraction of sp³-hybridized carbons (Fsp3) is 0.562. The first-order chi connectivity index (χ1) is 11.3. The number of piperidine rings is 1. The van der Waals surface area contributed by atoms with Crippen molar-refractivity contribution in [2.45, 2.75) is 31.1 Å². The van der Waals surface area contributed by atoms with Crippen molar-refractivity contribution in [1.29, 1.82) is 0 Å². The molecule has 0 aromatic heterocycles. The van der Waals surface area contributed by atoms with Crippen molar-refractivity contribution in [3.63, 3.8) is 0 Å². The topological polar surface area (TPSA) is 111 Å². The number of sulfonamides is 1. The van der Waals surface area contributed by atoms with Gasteiger partial charge in [0, 0.05) is 6.42 Å². The number of methoxy groups -OCH3 is 1. The third-order valence-corrected chi connectivity index (χ3v) is 5.33. The van der Waals surface area contributed by atoms with Crippen molar-refractivity contribution >= 4 is 34.0 Å². The Kier molecular flexibility index (Phi) is 8.14. The molecular weight excluding hydrogens is 366 g/mol. The molecule has 2 rings (SSSR count). The van der Waals surface area contributed by atoms with E-state index in [9.17, 15) is 13.2 Å². The second-order valence-corrected chi connectivity index (χ2v) is 7.80. The molecule has 1 aromatic rings. The number of hydrogen-bond acceptors (Lipinski definition) is 5. The van der Waals surface area contributed by atoms with Gasteiger partial charge in [-0.1, -0.05) is 6.92 Å². The molecule has 9 heteroatoms. The zero-order valence-corrected chi connectivity index (χ0v) is 16.1. The van der Waals surface area contributed by atoms with E-state index in [1.165, 1.54) is 25.3 Å². The Balaban J connectivity index is 0.00000312. The first-order valence-corrected chi connectivity index (χ1v) is 9.57. The molecule has 1 aromatic carbocycles. The zero-order valence-electron chi connectivity index (χ0n) is 14.4. The van der Waals surface area contributed by atoms with Crippen LogP contribution in [0.4, 0.5) is 5.69 Å². The van der Waals surface area contributed by atoms with Crippen LogP contribution in [0.25, 0.3) is 0 Å². The molecule has 1 aliphatic rings. The maximum atomic E-state index is 12.3. The lowest BCUT2D eigenvalue weighted by atomic mass is 9.85. The number of nitrogens with two attached hydrogens (primary N) is 1. The highest BCUT2D eigenvalue weighted by Gasteiger charge is 2.22. The van der Waals surface area contributed by atoms with Gasteiger partial charge in [-0.15, -0.1) is 12.4 Å². The van der Waals surface area contributed by atoms with Gasteiger partial charge in [0.15, 0.2) is 0 Å². The van der Waals surface area contributed by atoms with E-state index < -0.39 is 10.0 Å². The standard InChI is InChI=1S/C16H25N3O4S.ClH/c1-11(12-4-3-7-18-10-12)8-16(20)19-14-9-13(24(17,21)22)5-6-15(14)23-2;/h5-6,9,11-12,18H,3-4,7-8,10H2,1-2H3,(H,19,20)(H2,17,21,22);1H. The molecule has 142 valence electrons. The molecule has 0 bridgehead atoms. The highest BCUT2D eigenvalue weighted by atomic mass is 35.5. The number of amides is 1. The number of benzene rings is 1. The van der Waals surface area contributed by atoms with Crippen LogP contribution in [-0.2, 0) is 14.8 Å². The summed E-state index contributed by atoms with van der Waals surface area (Å²) in [6.45, 7) is 4.03. The Bertz CT molecular complexity index is 691. The van der Waals surface area contributed by atoms with E-state index in [1.54, 1.807) is 0 Å². The minimum Gasteiger partial charge on any atom is -0.495 e. The van der Waals surface area contributed by atoms with E-state index >= 15 is 0 Å². The molecule has 1 heterocycles. The summed E-state index contributed by atoms with van der Waals surface area (Å²) in [7, 11) is -2.39. The Labute approximate surface area is 155 Å². The second-order valence-electron chi connectivity index (χ2n) is 6.24. The molecular formula is C16H26ClN3O4S. The van der Waals surface area contributed by atoms with Gasteiger partial charge in [0.05, 0.1) is 17.7 Å². The Hall–Kier alpha value is -1.35. The van der Waals surface area contributed by atoms with Crippen LogP contribution in [0.5, 0.6) is 5.75 Å². The van der Waals surface area contributed by atoms with Gasteiger partial charge in [-0.25, -0.2) is 13.6 Å². The number of anilines is 1. The lowest BCUT2D eigenvalue weighted by molar-refractivity contribution is -0.117. The van der Waals surface area contributed by atoms with Crippen LogP contribution in [0, 0.1) is 11.8 Å². The summed E-state index contributed by atoms with van der Waals surface area (Å²) in [4.78, 5) is 12.3. The number of halogens is 1. The number of carbonyl (C=O) groups excluding carboxylic acids is 1. The molecule has 0 radical (unpaired) electrons. The molecule has 7 nitrogen and oxygen atoms in total. The number of primary sulfonamides is 1.